The van der Waals surface area contributed by atoms with Crippen LogP contribution in [0.2, 0.25) is 0 Å². The third-order valence-electron chi connectivity index (χ3n) is 4.05. The van der Waals surface area contributed by atoms with E-state index in [1.807, 2.05) is 13.8 Å². The molecule has 5 heteroatoms. The summed E-state index contributed by atoms with van der Waals surface area (Å²) < 4.78 is 10.8. The van der Waals surface area contributed by atoms with Gasteiger partial charge in [-0.25, -0.2) is 0 Å². The maximum absolute atomic E-state index is 9.90. The Labute approximate surface area is 139 Å². The van der Waals surface area contributed by atoms with Crippen molar-refractivity contribution in [2.45, 2.75) is 39.0 Å². The van der Waals surface area contributed by atoms with E-state index in [-0.39, 0.29) is 12.1 Å². The van der Waals surface area contributed by atoms with Crippen LogP contribution in [0.15, 0.2) is 24.3 Å². The number of aliphatic hydroxyl groups is 1. The van der Waals surface area contributed by atoms with Crippen molar-refractivity contribution in [3.8, 4) is 0 Å². The molecular formula is C18H30N2O3. The van der Waals surface area contributed by atoms with Crippen molar-refractivity contribution in [1.29, 1.82) is 0 Å². The molecule has 0 spiro atoms. The van der Waals surface area contributed by atoms with Crippen LogP contribution in [0.1, 0.15) is 32.4 Å². The largest absolute Gasteiger partial charge is 0.389 e. The van der Waals surface area contributed by atoms with E-state index >= 15 is 0 Å². The summed E-state index contributed by atoms with van der Waals surface area (Å²) in [6, 6.07) is 8.83. The summed E-state index contributed by atoms with van der Waals surface area (Å²) in [4.78, 5) is 2.35. The zero-order valence-electron chi connectivity index (χ0n) is 14.5. The molecule has 1 aromatic rings. The van der Waals surface area contributed by atoms with Gasteiger partial charge >= 0.3 is 0 Å². The molecule has 2 atom stereocenters. The summed E-state index contributed by atoms with van der Waals surface area (Å²) in [5.74, 6) is 0. The first-order chi connectivity index (χ1) is 11.1. The highest BCUT2D eigenvalue weighted by Crippen LogP contribution is 2.20. The van der Waals surface area contributed by atoms with Gasteiger partial charge in [0.05, 0.1) is 32.0 Å². The van der Waals surface area contributed by atoms with Crippen molar-refractivity contribution >= 4 is 5.69 Å². The minimum absolute atomic E-state index is 0.148. The van der Waals surface area contributed by atoms with Gasteiger partial charge in [0.1, 0.15) is 0 Å². The van der Waals surface area contributed by atoms with Crippen LogP contribution in [0.5, 0.6) is 0 Å². The minimum atomic E-state index is -0.479. The number of hydrogen-bond acceptors (Lipinski definition) is 5. The number of anilines is 1. The highest BCUT2D eigenvalue weighted by molar-refractivity contribution is 5.48. The highest BCUT2D eigenvalue weighted by atomic mass is 16.5. The summed E-state index contributed by atoms with van der Waals surface area (Å²) in [6.45, 7) is 10.5. The van der Waals surface area contributed by atoms with E-state index in [4.69, 9.17) is 9.47 Å². The molecule has 23 heavy (non-hydrogen) atoms. The average molecular weight is 322 g/mol. The Balaban J connectivity index is 1.79. The monoisotopic (exact) mass is 322 g/mol. The van der Waals surface area contributed by atoms with E-state index < -0.39 is 6.10 Å². The SMILES string of the molecule is CC(C)OCC(O)CNC(C)c1ccc(N2CCOCC2)cc1. The standard InChI is InChI=1S/C18H30N2O3/c1-14(2)23-13-18(21)12-19-15(3)16-4-6-17(7-5-16)20-8-10-22-11-9-20/h4-7,14-15,18-19,21H,8-13H2,1-3H3. The maximum Gasteiger partial charge on any atom is 0.0898 e. The van der Waals surface area contributed by atoms with E-state index in [2.05, 4.69) is 41.4 Å². The molecule has 2 unspecified atom stereocenters. The smallest absolute Gasteiger partial charge is 0.0898 e. The molecule has 2 N–H and O–H groups in total. The number of hydrogen-bond donors (Lipinski definition) is 2. The number of morpholine rings is 1. The summed E-state index contributed by atoms with van der Waals surface area (Å²) in [5.41, 5.74) is 2.47. The van der Waals surface area contributed by atoms with Gasteiger partial charge in [0, 0.05) is 31.4 Å². The second-order valence-corrected chi connectivity index (χ2v) is 6.36. The van der Waals surface area contributed by atoms with Crippen molar-refractivity contribution in [2.75, 3.05) is 44.4 Å². The first-order valence-corrected chi connectivity index (χ1v) is 8.52. The van der Waals surface area contributed by atoms with Crippen molar-refractivity contribution in [2.24, 2.45) is 0 Å². The zero-order valence-corrected chi connectivity index (χ0v) is 14.5. The van der Waals surface area contributed by atoms with Gasteiger partial charge in [-0.1, -0.05) is 12.1 Å². The minimum Gasteiger partial charge on any atom is -0.389 e. The Morgan fingerprint density at radius 1 is 1.17 bits per heavy atom. The van der Waals surface area contributed by atoms with Crippen molar-refractivity contribution in [1.82, 2.24) is 5.32 Å². The van der Waals surface area contributed by atoms with Gasteiger partial charge in [0.15, 0.2) is 0 Å². The van der Waals surface area contributed by atoms with Crippen molar-refractivity contribution in [3.63, 3.8) is 0 Å². The van der Waals surface area contributed by atoms with Gasteiger partial charge in [0.25, 0.3) is 0 Å². The van der Waals surface area contributed by atoms with E-state index in [0.29, 0.717) is 13.2 Å². The summed E-state index contributed by atoms with van der Waals surface area (Å²) >= 11 is 0. The lowest BCUT2D eigenvalue weighted by Gasteiger charge is -2.29. The normalized spacial score (nSPS) is 18.2. The molecule has 1 saturated heterocycles. The van der Waals surface area contributed by atoms with E-state index in [1.165, 1.54) is 11.3 Å². The quantitative estimate of drug-likeness (QED) is 0.766. The zero-order chi connectivity index (χ0) is 16.7. The highest BCUT2D eigenvalue weighted by Gasteiger charge is 2.13. The Bertz CT molecular complexity index is 444. The number of rotatable bonds is 8. The molecule has 130 valence electrons. The molecule has 0 saturated carbocycles. The predicted molar refractivity (Wildman–Crippen MR) is 93.0 cm³/mol. The van der Waals surface area contributed by atoms with Crippen LogP contribution in [0.25, 0.3) is 0 Å². The lowest BCUT2D eigenvalue weighted by Crippen LogP contribution is -2.36. The molecule has 1 fully saturated rings. The maximum atomic E-state index is 9.90. The molecule has 2 rings (SSSR count). The van der Waals surface area contributed by atoms with Crippen LogP contribution >= 0.6 is 0 Å². The first kappa shape index (κ1) is 18.2. The van der Waals surface area contributed by atoms with E-state index in [0.717, 1.165) is 26.3 Å². The molecule has 1 aliphatic heterocycles. The van der Waals surface area contributed by atoms with Gasteiger partial charge in [0.2, 0.25) is 0 Å². The van der Waals surface area contributed by atoms with Gasteiger partial charge in [-0.05, 0) is 38.5 Å². The van der Waals surface area contributed by atoms with Crippen LogP contribution in [-0.2, 0) is 9.47 Å². The third-order valence-corrected chi connectivity index (χ3v) is 4.05. The number of nitrogens with zero attached hydrogens (tertiary/aromatic N) is 1. The van der Waals surface area contributed by atoms with Gasteiger partial charge in [-0.2, -0.15) is 0 Å². The van der Waals surface area contributed by atoms with Crippen LogP contribution in [0.4, 0.5) is 5.69 Å². The van der Waals surface area contributed by atoms with Crippen LogP contribution < -0.4 is 10.2 Å². The Kier molecular flexibility index (Phi) is 7.30. The molecule has 1 heterocycles. The molecule has 0 aromatic heterocycles. The lowest BCUT2D eigenvalue weighted by molar-refractivity contribution is 0.00560. The van der Waals surface area contributed by atoms with Crippen LogP contribution in [0.3, 0.4) is 0 Å². The number of nitrogens with one attached hydrogen (secondary N) is 1. The number of ether oxygens (including phenoxy) is 2. The van der Waals surface area contributed by atoms with Crippen molar-refractivity contribution < 1.29 is 14.6 Å². The topological polar surface area (TPSA) is 54.0 Å². The molecule has 1 aromatic carbocycles. The molecule has 0 bridgehead atoms. The Morgan fingerprint density at radius 2 is 1.83 bits per heavy atom. The van der Waals surface area contributed by atoms with E-state index in [9.17, 15) is 5.11 Å². The lowest BCUT2D eigenvalue weighted by atomic mass is 10.1. The van der Waals surface area contributed by atoms with Gasteiger partial charge in [-0.15, -0.1) is 0 Å². The molecular weight excluding hydrogens is 292 g/mol. The third kappa shape index (κ3) is 6.11. The molecule has 1 aliphatic rings. The average Bonchev–Trinajstić information content (AvgIpc) is 2.58. The fourth-order valence-electron chi connectivity index (χ4n) is 2.59. The van der Waals surface area contributed by atoms with E-state index in [1.54, 1.807) is 0 Å². The number of aliphatic hydroxyl groups excluding tert-OH is 1. The fraction of sp³-hybridized carbons (Fsp3) is 0.667. The fourth-order valence-corrected chi connectivity index (χ4v) is 2.59. The summed E-state index contributed by atoms with van der Waals surface area (Å²) in [6.07, 6.45) is -0.331. The summed E-state index contributed by atoms with van der Waals surface area (Å²) in [7, 11) is 0. The molecule has 0 amide bonds. The second kappa shape index (κ2) is 9.23. The molecule has 5 nitrogen and oxygen atoms in total. The van der Waals surface area contributed by atoms with Crippen LogP contribution in [0, 0.1) is 0 Å². The summed E-state index contributed by atoms with van der Waals surface area (Å²) in [5, 5.41) is 13.3. The van der Waals surface area contributed by atoms with Crippen molar-refractivity contribution in [3.05, 3.63) is 29.8 Å². The number of benzene rings is 1. The Hall–Kier alpha value is -1.14. The second-order valence-electron chi connectivity index (χ2n) is 6.36. The van der Waals surface area contributed by atoms with Gasteiger partial charge < -0.3 is 24.8 Å². The molecule has 0 aliphatic carbocycles. The van der Waals surface area contributed by atoms with Crippen LogP contribution in [-0.4, -0.2) is 56.8 Å². The Morgan fingerprint density at radius 3 is 2.43 bits per heavy atom. The molecule has 0 radical (unpaired) electrons. The predicted octanol–water partition coefficient (Wildman–Crippen LogP) is 1.96. The first-order valence-electron chi connectivity index (χ1n) is 8.52. The van der Waals surface area contributed by atoms with Gasteiger partial charge in [-0.3, -0.25) is 0 Å².